The summed E-state index contributed by atoms with van der Waals surface area (Å²) in [4.78, 5) is 15.4. The number of carbonyl (C=O) groups is 1. The summed E-state index contributed by atoms with van der Waals surface area (Å²) in [6.45, 7) is 1.81. The molecule has 2 aromatic rings. The zero-order valence-corrected chi connectivity index (χ0v) is 10.6. The third kappa shape index (κ3) is 1.99. The van der Waals surface area contributed by atoms with Crippen LogP contribution in [0.4, 0.5) is 5.69 Å². The van der Waals surface area contributed by atoms with Gasteiger partial charge in [0, 0.05) is 17.3 Å². The molecule has 100 valence electrons. The number of carboxylic acids is 1. The predicted octanol–water partition coefficient (Wildman–Crippen LogP) is 3.34. The molecular weight excluding hydrogens is 258 g/mol. The van der Waals surface area contributed by atoms with Crippen molar-refractivity contribution in [2.24, 2.45) is 4.99 Å². The van der Waals surface area contributed by atoms with Crippen LogP contribution in [0.15, 0.2) is 41.4 Å². The van der Waals surface area contributed by atoms with E-state index in [2.05, 4.69) is 4.99 Å². The molecule has 20 heavy (non-hydrogen) atoms. The predicted molar refractivity (Wildman–Crippen MR) is 73.5 cm³/mol. The van der Waals surface area contributed by atoms with Crippen LogP contribution in [0.2, 0.25) is 0 Å². The monoisotopic (exact) mass is 269 g/mol. The summed E-state index contributed by atoms with van der Waals surface area (Å²) in [6, 6.07) is 9.27. The van der Waals surface area contributed by atoms with Gasteiger partial charge in [0.2, 0.25) is 0 Å². The van der Waals surface area contributed by atoms with Gasteiger partial charge in [0.15, 0.2) is 5.75 Å². The molecule has 0 unspecified atom stereocenters. The van der Waals surface area contributed by atoms with Crippen LogP contribution < -0.4 is 4.74 Å². The molecule has 0 radical (unpaired) electrons. The highest BCUT2D eigenvalue weighted by Crippen LogP contribution is 2.39. The average molecular weight is 269 g/mol. The van der Waals surface area contributed by atoms with Crippen LogP contribution in [0, 0.1) is 0 Å². The number of aliphatic imine (C=N–C) groups is 1. The highest BCUT2D eigenvalue weighted by atomic mass is 16.5. The standard InChI is InChI=1S/C15H11NO4/c1-8-11-4-3-10(17)7-14(11)20-13-5-2-9(15(18)19)6-12(13)16-8/h2-7,17H,1H3,(H,18,19). The molecule has 0 aromatic heterocycles. The molecule has 1 heterocycles. The van der Waals surface area contributed by atoms with Crippen LogP contribution in [0.5, 0.6) is 17.2 Å². The molecule has 1 aliphatic heterocycles. The smallest absolute Gasteiger partial charge is 0.335 e. The number of fused-ring (bicyclic) bond motifs is 2. The maximum atomic E-state index is 11.0. The molecule has 0 saturated heterocycles. The lowest BCUT2D eigenvalue weighted by atomic mass is 10.1. The molecule has 0 aliphatic carbocycles. The fourth-order valence-electron chi connectivity index (χ4n) is 2.08. The first kappa shape index (κ1) is 12.2. The molecule has 0 atom stereocenters. The summed E-state index contributed by atoms with van der Waals surface area (Å²) in [5.74, 6) is 0.0361. The van der Waals surface area contributed by atoms with Crippen LogP contribution >= 0.6 is 0 Å². The van der Waals surface area contributed by atoms with E-state index in [1.165, 1.54) is 18.2 Å². The number of hydrogen-bond acceptors (Lipinski definition) is 4. The Bertz CT molecular complexity index is 750. The lowest BCUT2D eigenvalue weighted by Gasteiger charge is -2.09. The minimum atomic E-state index is -1.01. The zero-order chi connectivity index (χ0) is 14.3. The topological polar surface area (TPSA) is 79.1 Å². The zero-order valence-electron chi connectivity index (χ0n) is 10.6. The minimum Gasteiger partial charge on any atom is -0.508 e. The van der Waals surface area contributed by atoms with E-state index in [0.29, 0.717) is 22.9 Å². The molecule has 1 aliphatic rings. The van der Waals surface area contributed by atoms with Crippen molar-refractivity contribution in [2.75, 3.05) is 0 Å². The van der Waals surface area contributed by atoms with Crippen molar-refractivity contribution in [3.63, 3.8) is 0 Å². The van der Waals surface area contributed by atoms with E-state index in [9.17, 15) is 9.90 Å². The van der Waals surface area contributed by atoms with Gasteiger partial charge in [0.1, 0.15) is 17.2 Å². The molecule has 2 N–H and O–H groups in total. The number of benzene rings is 2. The fraction of sp³-hybridized carbons (Fsp3) is 0.0667. The lowest BCUT2D eigenvalue weighted by molar-refractivity contribution is 0.0697. The minimum absolute atomic E-state index is 0.0992. The Morgan fingerprint density at radius 3 is 2.70 bits per heavy atom. The Morgan fingerprint density at radius 1 is 1.15 bits per heavy atom. The van der Waals surface area contributed by atoms with Gasteiger partial charge >= 0.3 is 5.97 Å². The number of rotatable bonds is 1. The highest BCUT2D eigenvalue weighted by molar-refractivity contribution is 6.04. The van der Waals surface area contributed by atoms with Gasteiger partial charge in [-0.1, -0.05) is 0 Å². The molecule has 0 spiro atoms. The summed E-state index contributed by atoms with van der Waals surface area (Å²) in [6.07, 6.45) is 0. The summed E-state index contributed by atoms with van der Waals surface area (Å²) < 4.78 is 5.72. The molecule has 3 rings (SSSR count). The summed E-state index contributed by atoms with van der Waals surface area (Å²) in [5.41, 5.74) is 2.06. The van der Waals surface area contributed by atoms with Crippen molar-refractivity contribution < 1.29 is 19.7 Å². The summed E-state index contributed by atoms with van der Waals surface area (Å²) in [5, 5.41) is 18.5. The average Bonchev–Trinajstić information content (AvgIpc) is 2.53. The van der Waals surface area contributed by atoms with Gasteiger partial charge in [0.25, 0.3) is 0 Å². The molecular formula is C15H11NO4. The molecule has 5 nitrogen and oxygen atoms in total. The Labute approximate surface area is 114 Å². The second-order valence-electron chi connectivity index (χ2n) is 4.47. The van der Waals surface area contributed by atoms with Crippen LogP contribution in [0.25, 0.3) is 0 Å². The number of hydrogen-bond donors (Lipinski definition) is 2. The number of aromatic hydroxyl groups is 1. The second kappa shape index (κ2) is 4.38. The molecule has 0 saturated carbocycles. The second-order valence-corrected chi connectivity index (χ2v) is 4.47. The van der Waals surface area contributed by atoms with Crippen LogP contribution in [-0.2, 0) is 0 Å². The Kier molecular flexibility index (Phi) is 2.68. The first-order chi connectivity index (χ1) is 9.54. The molecule has 5 heteroatoms. The van der Waals surface area contributed by atoms with Crippen molar-refractivity contribution in [1.29, 1.82) is 0 Å². The summed E-state index contributed by atoms with van der Waals surface area (Å²) >= 11 is 0. The summed E-state index contributed by atoms with van der Waals surface area (Å²) in [7, 11) is 0. The third-order valence-corrected chi connectivity index (χ3v) is 3.07. The van der Waals surface area contributed by atoms with Crippen molar-refractivity contribution in [2.45, 2.75) is 6.92 Å². The SMILES string of the molecule is CC1=Nc2cc(C(=O)O)ccc2Oc2cc(O)ccc21. The largest absolute Gasteiger partial charge is 0.508 e. The van der Waals surface area contributed by atoms with Crippen molar-refractivity contribution >= 4 is 17.4 Å². The Morgan fingerprint density at radius 2 is 1.95 bits per heavy atom. The van der Waals surface area contributed by atoms with Crippen molar-refractivity contribution in [3.8, 4) is 17.2 Å². The van der Waals surface area contributed by atoms with E-state index in [1.807, 2.05) is 6.92 Å². The number of aromatic carboxylic acids is 1. The third-order valence-electron chi connectivity index (χ3n) is 3.07. The maximum Gasteiger partial charge on any atom is 0.335 e. The van der Waals surface area contributed by atoms with Crippen LogP contribution in [-0.4, -0.2) is 21.9 Å². The van der Waals surface area contributed by atoms with E-state index >= 15 is 0 Å². The number of ether oxygens (including phenoxy) is 1. The normalized spacial score (nSPS) is 12.6. The highest BCUT2D eigenvalue weighted by Gasteiger charge is 2.17. The molecule has 0 fully saturated rings. The number of carboxylic acid groups (broad SMARTS) is 1. The first-order valence-corrected chi connectivity index (χ1v) is 5.98. The fourth-order valence-corrected chi connectivity index (χ4v) is 2.08. The van der Waals surface area contributed by atoms with Gasteiger partial charge in [-0.25, -0.2) is 9.79 Å². The number of phenols is 1. The Balaban J connectivity index is 2.18. The molecule has 0 bridgehead atoms. The van der Waals surface area contributed by atoms with E-state index in [-0.39, 0.29) is 11.3 Å². The quantitative estimate of drug-likeness (QED) is 0.832. The van der Waals surface area contributed by atoms with E-state index in [4.69, 9.17) is 9.84 Å². The molecule has 2 aromatic carbocycles. The maximum absolute atomic E-state index is 11.0. The van der Waals surface area contributed by atoms with Crippen LogP contribution in [0.1, 0.15) is 22.8 Å². The van der Waals surface area contributed by atoms with E-state index < -0.39 is 5.97 Å². The van der Waals surface area contributed by atoms with Gasteiger partial charge in [0.05, 0.1) is 5.56 Å². The van der Waals surface area contributed by atoms with Crippen molar-refractivity contribution in [1.82, 2.24) is 0 Å². The number of phenolic OH excluding ortho intramolecular Hbond substituents is 1. The van der Waals surface area contributed by atoms with Gasteiger partial charge in [-0.2, -0.15) is 0 Å². The first-order valence-electron chi connectivity index (χ1n) is 5.98. The van der Waals surface area contributed by atoms with Crippen LogP contribution in [0.3, 0.4) is 0 Å². The van der Waals surface area contributed by atoms with E-state index in [1.54, 1.807) is 18.2 Å². The number of nitrogens with zero attached hydrogens (tertiary/aromatic N) is 1. The van der Waals surface area contributed by atoms with Crippen molar-refractivity contribution in [3.05, 3.63) is 47.5 Å². The Hall–Kier alpha value is -2.82. The van der Waals surface area contributed by atoms with E-state index in [0.717, 1.165) is 5.56 Å². The van der Waals surface area contributed by atoms with Gasteiger partial charge in [-0.05, 0) is 37.3 Å². The van der Waals surface area contributed by atoms with Gasteiger partial charge in [-0.15, -0.1) is 0 Å². The molecule has 0 amide bonds. The van der Waals surface area contributed by atoms with Gasteiger partial charge in [-0.3, -0.25) is 0 Å². The lowest BCUT2D eigenvalue weighted by Crippen LogP contribution is -1.95. The van der Waals surface area contributed by atoms with Gasteiger partial charge < -0.3 is 14.9 Å².